The minimum absolute atomic E-state index is 0. The standard InChI is InChI=1S/C13H19ClN2O2S.ClH/c14-12-3-2-11(19-12)10(17)8-16-13(18)4-1-9-5-6-15-7-9;/h2-3,9-10,15,17H,1,4-8H2,(H,16,18);1H. The summed E-state index contributed by atoms with van der Waals surface area (Å²) in [6, 6.07) is 3.54. The maximum absolute atomic E-state index is 11.7. The molecule has 0 saturated carbocycles. The van der Waals surface area contributed by atoms with E-state index in [-0.39, 0.29) is 24.9 Å². The quantitative estimate of drug-likeness (QED) is 0.746. The molecule has 0 bridgehead atoms. The molecular weight excluding hydrogens is 319 g/mol. The highest BCUT2D eigenvalue weighted by molar-refractivity contribution is 7.16. The summed E-state index contributed by atoms with van der Waals surface area (Å²) in [4.78, 5) is 12.5. The zero-order valence-corrected chi connectivity index (χ0v) is 13.5. The molecule has 1 aromatic rings. The Balaban J connectivity index is 0.00000200. The fourth-order valence-corrected chi connectivity index (χ4v) is 3.25. The number of hydrogen-bond acceptors (Lipinski definition) is 4. The number of carbonyl (C=O) groups is 1. The number of hydrogen-bond donors (Lipinski definition) is 3. The van der Waals surface area contributed by atoms with Crippen molar-refractivity contribution in [2.24, 2.45) is 5.92 Å². The van der Waals surface area contributed by atoms with Gasteiger partial charge in [0.15, 0.2) is 0 Å². The lowest BCUT2D eigenvalue weighted by Crippen LogP contribution is -2.28. The number of amides is 1. The average molecular weight is 339 g/mol. The van der Waals surface area contributed by atoms with Crippen LogP contribution in [-0.4, -0.2) is 30.6 Å². The van der Waals surface area contributed by atoms with Crippen LogP contribution in [0.3, 0.4) is 0 Å². The first-order chi connectivity index (χ1) is 9.15. The van der Waals surface area contributed by atoms with E-state index < -0.39 is 6.10 Å². The monoisotopic (exact) mass is 338 g/mol. The highest BCUT2D eigenvalue weighted by Gasteiger charge is 2.16. The molecule has 1 aliphatic heterocycles. The van der Waals surface area contributed by atoms with Gasteiger partial charge in [-0.15, -0.1) is 23.7 Å². The SMILES string of the molecule is Cl.O=C(CCC1CCNC1)NCC(O)c1ccc(Cl)s1. The summed E-state index contributed by atoms with van der Waals surface area (Å²) >= 11 is 7.14. The predicted octanol–water partition coefficient (Wildman–Crippen LogP) is 2.36. The Morgan fingerprint density at radius 3 is 3.00 bits per heavy atom. The summed E-state index contributed by atoms with van der Waals surface area (Å²) in [5.41, 5.74) is 0. The molecule has 114 valence electrons. The van der Waals surface area contributed by atoms with Crippen LogP contribution in [0.4, 0.5) is 0 Å². The van der Waals surface area contributed by atoms with E-state index >= 15 is 0 Å². The smallest absolute Gasteiger partial charge is 0.220 e. The number of halogens is 2. The highest BCUT2D eigenvalue weighted by atomic mass is 35.5. The number of aliphatic hydroxyl groups is 1. The van der Waals surface area contributed by atoms with Crippen molar-refractivity contribution in [1.82, 2.24) is 10.6 Å². The van der Waals surface area contributed by atoms with Gasteiger partial charge >= 0.3 is 0 Å². The van der Waals surface area contributed by atoms with Crippen molar-refractivity contribution in [3.8, 4) is 0 Å². The van der Waals surface area contributed by atoms with Crippen molar-refractivity contribution in [3.63, 3.8) is 0 Å². The third-order valence-corrected chi connectivity index (χ3v) is 4.69. The first-order valence-electron chi connectivity index (χ1n) is 6.56. The van der Waals surface area contributed by atoms with E-state index in [1.165, 1.54) is 11.3 Å². The number of carbonyl (C=O) groups excluding carboxylic acids is 1. The lowest BCUT2D eigenvalue weighted by Gasteiger charge is -2.11. The van der Waals surface area contributed by atoms with Crippen LogP contribution in [0.25, 0.3) is 0 Å². The first kappa shape index (κ1) is 17.7. The van der Waals surface area contributed by atoms with Crippen LogP contribution >= 0.6 is 35.3 Å². The van der Waals surface area contributed by atoms with Crippen molar-refractivity contribution in [2.45, 2.75) is 25.4 Å². The number of nitrogens with one attached hydrogen (secondary N) is 2. The number of aliphatic hydroxyl groups excluding tert-OH is 1. The van der Waals surface area contributed by atoms with Gasteiger partial charge in [-0.2, -0.15) is 0 Å². The topological polar surface area (TPSA) is 61.4 Å². The van der Waals surface area contributed by atoms with Crippen molar-refractivity contribution in [2.75, 3.05) is 19.6 Å². The summed E-state index contributed by atoms with van der Waals surface area (Å²) in [5, 5.41) is 15.9. The fraction of sp³-hybridized carbons (Fsp3) is 0.615. The van der Waals surface area contributed by atoms with Gasteiger partial charge in [0.2, 0.25) is 5.91 Å². The molecule has 7 heteroatoms. The Kier molecular flexibility index (Phi) is 7.84. The second-order valence-electron chi connectivity index (χ2n) is 4.86. The lowest BCUT2D eigenvalue weighted by atomic mass is 10.0. The first-order valence-corrected chi connectivity index (χ1v) is 7.75. The summed E-state index contributed by atoms with van der Waals surface area (Å²) in [5.74, 6) is 0.625. The molecule has 20 heavy (non-hydrogen) atoms. The summed E-state index contributed by atoms with van der Waals surface area (Å²) in [7, 11) is 0. The van der Waals surface area contributed by atoms with Crippen molar-refractivity contribution >= 4 is 41.3 Å². The van der Waals surface area contributed by atoms with Gasteiger partial charge < -0.3 is 15.7 Å². The molecule has 2 atom stereocenters. The van der Waals surface area contributed by atoms with Crippen LogP contribution in [0.5, 0.6) is 0 Å². The maximum atomic E-state index is 11.7. The van der Waals surface area contributed by atoms with Crippen LogP contribution in [0.1, 0.15) is 30.2 Å². The van der Waals surface area contributed by atoms with Gasteiger partial charge in [0.25, 0.3) is 0 Å². The molecule has 1 saturated heterocycles. The Morgan fingerprint density at radius 1 is 1.60 bits per heavy atom. The maximum Gasteiger partial charge on any atom is 0.220 e. The van der Waals surface area contributed by atoms with Crippen LogP contribution in [0.15, 0.2) is 12.1 Å². The second-order valence-corrected chi connectivity index (χ2v) is 6.61. The zero-order valence-electron chi connectivity index (χ0n) is 11.1. The van der Waals surface area contributed by atoms with E-state index in [0.29, 0.717) is 16.7 Å². The van der Waals surface area contributed by atoms with Crippen LogP contribution in [0, 0.1) is 5.92 Å². The van der Waals surface area contributed by atoms with E-state index in [1.807, 2.05) is 0 Å². The zero-order chi connectivity index (χ0) is 13.7. The molecule has 4 nitrogen and oxygen atoms in total. The average Bonchev–Trinajstić information content (AvgIpc) is 3.04. The molecule has 1 aliphatic rings. The van der Waals surface area contributed by atoms with E-state index in [2.05, 4.69) is 10.6 Å². The minimum Gasteiger partial charge on any atom is -0.386 e. The minimum atomic E-state index is -0.672. The van der Waals surface area contributed by atoms with Crippen molar-refractivity contribution < 1.29 is 9.90 Å². The van der Waals surface area contributed by atoms with Gasteiger partial charge in [-0.1, -0.05) is 11.6 Å². The highest BCUT2D eigenvalue weighted by Crippen LogP contribution is 2.26. The summed E-state index contributed by atoms with van der Waals surface area (Å²) in [6.45, 7) is 2.33. The summed E-state index contributed by atoms with van der Waals surface area (Å²) in [6.07, 6.45) is 1.93. The van der Waals surface area contributed by atoms with Gasteiger partial charge in [-0.05, 0) is 44.0 Å². The van der Waals surface area contributed by atoms with Crippen LogP contribution < -0.4 is 10.6 Å². The second kappa shape index (κ2) is 8.85. The molecule has 2 rings (SSSR count). The third-order valence-electron chi connectivity index (χ3n) is 3.36. The molecule has 1 aromatic heterocycles. The van der Waals surface area contributed by atoms with E-state index in [9.17, 15) is 9.90 Å². The van der Waals surface area contributed by atoms with Crippen LogP contribution in [-0.2, 0) is 4.79 Å². The molecular formula is C13H20Cl2N2O2S. The van der Waals surface area contributed by atoms with Gasteiger partial charge in [0.1, 0.15) is 6.10 Å². The van der Waals surface area contributed by atoms with Gasteiger partial charge in [0.05, 0.1) is 4.34 Å². The fourth-order valence-electron chi connectivity index (χ4n) is 2.20. The Hall–Kier alpha value is -0.330. The van der Waals surface area contributed by atoms with Gasteiger partial charge in [0, 0.05) is 17.8 Å². The van der Waals surface area contributed by atoms with E-state index in [1.54, 1.807) is 12.1 Å². The molecule has 0 radical (unpaired) electrons. The molecule has 2 unspecified atom stereocenters. The Labute approximate surface area is 134 Å². The Bertz CT molecular complexity index is 422. The van der Waals surface area contributed by atoms with E-state index in [4.69, 9.17) is 11.6 Å². The lowest BCUT2D eigenvalue weighted by molar-refractivity contribution is -0.121. The molecule has 1 fully saturated rings. The van der Waals surface area contributed by atoms with Crippen molar-refractivity contribution in [1.29, 1.82) is 0 Å². The molecule has 0 aliphatic carbocycles. The molecule has 2 heterocycles. The Morgan fingerprint density at radius 2 is 2.40 bits per heavy atom. The number of thiophene rings is 1. The van der Waals surface area contributed by atoms with Gasteiger partial charge in [-0.3, -0.25) is 4.79 Å². The normalized spacial score (nSPS) is 19.4. The van der Waals surface area contributed by atoms with Crippen molar-refractivity contribution in [3.05, 3.63) is 21.3 Å². The van der Waals surface area contributed by atoms with Crippen LogP contribution in [0.2, 0.25) is 4.34 Å². The predicted molar refractivity (Wildman–Crippen MR) is 84.8 cm³/mol. The van der Waals surface area contributed by atoms with E-state index in [0.717, 1.165) is 30.8 Å². The molecule has 1 amide bonds. The third kappa shape index (κ3) is 5.58. The number of rotatable bonds is 6. The molecule has 0 aromatic carbocycles. The largest absolute Gasteiger partial charge is 0.386 e. The van der Waals surface area contributed by atoms with Gasteiger partial charge in [-0.25, -0.2) is 0 Å². The summed E-state index contributed by atoms with van der Waals surface area (Å²) < 4.78 is 0.647. The molecule has 3 N–H and O–H groups in total. The molecule has 0 spiro atoms.